The number of urea groups is 1. The van der Waals surface area contributed by atoms with E-state index in [1.807, 2.05) is 66.3 Å². The molecule has 2 aromatic heterocycles. The molecule has 1 atom stereocenters. The predicted molar refractivity (Wildman–Crippen MR) is 113 cm³/mol. The summed E-state index contributed by atoms with van der Waals surface area (Å²) in [5.74, 6) is 1.02. The minimum absolute atomic E-state index is 0.0364. The van der Waals surface area contributed by atoms with Crippen molar-refractivity contribution in [2.24, 2.45) is 0 Å². The highest BCUT2D eigenvalue weighted by molar-refractivity contribution is 5.96. The van der Waals surface area contributed by atoms with Gasteiger partial charge in [0.05, 0.1) is 23.1 Å². The van der Waals surface area contributed by atoms with Gasteiger partial charge in [-0.3, -0.25) is 9.47 Å². The van der Waals surface area contributed by atoms with Gasteiger partial charge in [-0.15, -0.1) is 0 Å². The Bertz CT molecular complexity index is 1100. The van der Waals surface area contributed by atoms with Gasteiger partial charge in [-0.2, -0.15) is 4.98 Å². The number of rotatable bonds is 1. The number of benzene rings is 1. The minimum Gasteiger partial charge on any atom is -0.338 e. The maximum absolute atomic E-state index is 13.5. The van der Waals surface area contributed by atoms with Gasteiger partial charge in [0.15, 0.2) is 0 Å². The number of carbonyl (C=O) groups is 1. The van der Waals surface area contributed by atoms with Crippen LogP contribution in [0.2, 0.25) is 0 Å². The van der Waals surface area contributed by atoms with Crippen molar-refractivity contribution < 1.29 is 9.32 Å². The number of nitrogens with zero attached hydrogens (tertiary/aromatic N) is 6. The molecule has 0 saturated carbocycles. The van der Waals surface area contributed by atoms with Gasteiger partial charge >= 0.3 is 6.03 Å². The van der Waals surface area contributed by atoms with Crippen molar-refractivity contribution in [3.8, 4) is 17.2 Å². The van der Waals surface area contributed by atoms with E-state index in [9.17, 15) is 4.79 Å². The van der Waals surface area contributed by atoms with Crippen LogP contribution < -0.4 is 4.90 Å². The van der Waals surface area contributed by atoms with Crippen LogP contribution in [0.25, 0.3) is 17.2 Å². The van der Waals surface area contributed by atoms with E-state index < -0.39 is 0 Å². The zero-order chi connectivity index (χ0) is 21.0. The number of hydrogen-bond acceptors (Lipinski definition) is 5. The second kappa shape index (κ2) is 6.68. The Labute approximate surface area is 175 Å². The normalized spacial score (nSPS) is 18.5. The van der Waals surface area contributed by atoms with Crippen molar-refractivity contribution >= 4 is 11.7 Å². The van der Waals surface area contributed by atoms with Crippen LogP contribution in [0.4, 0.5) is 10.5 Å². The maximum Gasteiger partial charge on any atom is 0.325 e. The fourth-order valence-corrected chi connectivity index (χ4v) is 4.28. The van der Waals surface area contributed by atoms with E-state index >= 15 is 0 Å². The number of fused-ring (bicyclic) bond motifs is 3. The molecule has 1 fully saturated rings. The van der Waals surface area contributed by atoms with Crippen LogP contribution >= 0.6 is 0 Å². The van der Waals surface area contributed by atoms with Crippen LogP contribution in [-0.4, -0.2) is 43.7 Å². The van der Waals surface area contributed by atoms with Crippen molar-refractivity contribution in [2.45, 2.75) is 52.0 Å². The standard InChI is InChI=1S/C22H26N6O2/c1-14-18-17(19-24-20(30-25-19)22(2,3)4)23-13-27(18)15-9-5-6-10-16(15)28(14)21(29)26-11-7-8-12-26/h5-6,9-10,13-14H,7-8,11-12H2,1-4H3. The highest BCUT2D eigenvalue weighted by Gasteiger charge is 2.38. The molecule has 0 spiro atoms. The zero-order valence-electron chi connectivity index (χ0n) is 17.8. The van der Waals surface area contributed by atoms with Crippen LogP contribution in [0, 0.1) is 0 Å². The maximum atomic E-state index is 13.5. The van der Waals surface area contributed by atoms with Crippen molar-refractivity contribution in [1.82, 2.24) is 24.6 Å². The summed E-state index contributed by atoms with van der Waals surface area (Å²) in [4.78, 5) is 26.5. The van der Waals surface area contributed by atoms with Crippen molar-refractivity contribution in [1.29, 1.82) is 0 Å². The van der Waals surface area contributed by atoms with Gasteiger partial charge in [-0.1, -0.05) is 38.1 Å². The Morgan fingerprint density at radius 3 is 2.50 bits per heavy atom. The highest BCUT2D eigenvalue weighted by atomic mass is 16.5. The first-order chi connectivity index (χ1) is 14.4. The monoisotopic (exact) mass is 406 g/mol. The predicted octanol–water partition coefficient (Wildman–Crippen LogP) is 4.32. The molecule has 0 bridgehead atoms. The number of carbonyl (C=O) groups excluding carboxylic acids is 1. The van der Waals surface area contributed by atoms with E-state index in [1.54, 1.807) is 6.33 Å². The van der Waals surface area contributed by atoms with Crippen LogP contribution in [0.15, 0.2) is 35.1 Å². The molecule has 2 aliphatic rings. The van der Waals surface area contributed by atoms with Crippen molar-refractivity contribution in [3.63, 3.8) is 0 Å². The van der Waals surface area contributed by atoms with Gasteiger partial charge in [0, 0.05) is 18.5 Å². The first-order valence-electron chi connectivity index (χ1n) is 10.5. The molecule has 1 aromatic carbocycles. The molecule has 1 unspecified atom stereocenters. The average molecular weight is 406 g/mol. The van der Waals surface area contributed by atoms with E-state index in [4.69, 9.17) is 4.52 Å². The average Bonchev–Trinajstić information content (AvgIpc) is 3.47. The van der Waals surface area contributed by atoms with Gasteiger partial charge in [-0.05, 0) is 31.9 Å². The summed E-state index contributed by atoms with van der Waals surface area (Å²) in [5.41, 5.74) is 3.11. The molecule has 30 heavy (non-hydrogen) atoms. The molecule has 3 aromatic rings. The Hall–Kier alpha value is -3.16. The Morgan fingerprint density at radius 1 is 1.13 bits per heavy atom. The second-order valence-electron chi connectivity index (χ2n) is 9.03. The van der Waals surface area contributed by atoms with Gasteiger partial charge in [-0.25, -0.2) is 9.78 Å². The summed E-state index contributed by atoms with van der Waals surface area (Å²) in [6.07, 6.45) is 3.89. The number of aromatic nitrogens is 4. The summed E-state index contributed by atoms with van der Waals surface area (Å²) in [6.45, 7) is 9.73. The molecule has 1 saturated heterocycles. The lowest BCUT2D eigenvalue weighted by atomic mass is 9.97. The van der Waals surface area contributed by atoms with Crippen molar-refractivity contribution in [3.05, 3.63) is 42.2 Å². The summed E-state index contributed by atoms with van der Waals surface area (Å²) in [7, 11) is 0. The smallest absolute Gasteiger partial charge is 0.325 e. The van der Waals surface area contributed by atoms with Crippen LogP contribution in [0.3, 0.4) is 0 Å². The van der Waals surface area contributed by atoms with Gasteiger partial charge in [0.2, 0.25) is 11.7 Å². The number of anilines is 1. The molecular formula is C22H26N6O2. The quantitative estimate of drug-likeness (QED) is 0.601. The molecule has 0 aliphatic carbocycles. The molecule has 2 amide bonds. The number of amides is 2. The number of likely N-dealkylation sites (tertiary alicyclic amines) is 1. The molecule has 156 valence electrons. The first-order valence-corrected chi connectivity index (χ1v) is 10.5. The van der Waals surface area contributed by atoms with E-state index in [2.05, 4.69) is 15.1 Å². The van der Waals surface area contributed by atoms with E-state index in [0.717, 1.165) is 43.0 Å². The third-order valence-corrected chi connectivity index (χ3v) is 5.85. The second-order valence-corrected chi connectivity index (χ2v) is 9.03. The Morgan fingerprint density at radius 2 is 1.83 bits per heavy atom. The number of imidazole rings is 1. The van der Waals surface area contributed by atoms with Gasteiger partial charge < -0.3 is 9.42 Å². The molecule has 0 N–H and O–H groups in total. The number of para-hydroxylation sites is 2. The lowest BCUT2D eigenvalue weighted by molar-refractivity contribution is 0.213. The third kappa shape index (κ3) is 2.81. The molecule has 8 heteroatoms. The van der Waals surface area contributed by atoms with Gasteiger partial charge in [0.25, 0.3) is 0 Å². The molecule has 8 nitrogen and oxygen atoms in total. The highest BCUT2D eigenvalue weighted by Crippen LogP contribution is 2.42. The molecule has 5 rings (SSSR count). The van der Waals surface area contributed by atoms with Crippen LogP contribution in [0.5, 0.6) is 0 Å². The van der Waals surface area contributed by atoms with E-state index in [1.165, 1.54) is 0 Å². The third-order valence-electron chi connectivity index (χ3n) is 5.85. The molecular weight excluding hydrogens is 380 g/mol. The zero-order valence-corrected chi connectivity index (χ0v) is 17.8. The molecule has 2 aliphatic heterocycles. The SMILES string of the molecule is CC1c2c(-c3noc(C(C)(C)C)n3)ncn2-c2ccccc2N1C(=O)N1CCCC1. The molecule has 0 radical (unpaired) electrons. The number of hydrogen-bond donors (Lipinski definition) is 0. The summed E-state index contributed by atoms with van der Waals surface area (Å²) in [5, 5.41) is 4.20. The van der Waals surface area contributed by atoms with Crippen LogP contribution in [-0.2, 0) is 5.41 Å². The summed E-state index contributed by atoms with van der Waals surface area (Å²) in [6, 6.07) is 7.76. The summed E-state index contributed by atoms with van der Waals surface area (Å²) < 4.78 is 7.54. The lowest BCUT2D eigenvalue weighted by Crippen LogP contribution is -2.45. The largest absolute Gasteiger partial charge is 0.338 e. The minimum atomic E-state index is -0.249. The summed E-state index contributed by atoms with van der Waals surface area (Å²) >= 11 is 0. The first kappa shape index (κ1) is 18.8. The topological polar surface area (TPSA) is 80.3 Å². The van der Waals surface area contributed by atoms with Crippen LogP contribution in [0.1, 0.15) is 58.2 Å². The fraction of sp³-hybridized carbons (Fsp3) is 0.455. The Balaban J connectivity index is 1.63. The van der Waals surface area contributed by atoms with Crippen molar-refractivity contribution in [2.75, 3.05) is 18.0 Å². The van der Waals surface area contributed by atoms with E-state index in [0.29, 0.717) is 17.4 Å². The van der Waals surface area contributed by atoms with Gasteiger partial charge in [0.1, 0.15) is 12.0 Å². The van der Waals surface area contributed by atoms with E-state index in [-0.39, 0.29) is 17.5 Å². The molecule has 4 heterocycles. The Kier molecular flexibility index (Phi) is 4.20. The lowest BCUT2D eigenvalue weighted by Gasteiger charge is -2.38. The fourth-order valence-electron chi connectivity index (χ4n) is 4.28.